The molecule has 0 atom stereocenters. The maximum atomic E-state index is 12.4. The topological polar surface area (TPSA) is 50.7 Å². The number of rotatable bonds is 5. The third-order valence-corrected chi connectivity index (χ3v) is 5.96. The normalized spacial score (nSPS) is 11.7. The molecule has 4 nitrogen and oxygen atoms in total. The fourth-order valence-electron chi connectivity index (χ4n) is 3.13. The molecule has 0 radical (unpaired) electrons. The molecule has 0 saturated carbocycles. The van der Waals surface area contributed by atoms with Gasteiger partial charge in [0.05, 0.1) is 11.1 Å². The molecule has 0 unspecified atom stereocenters. The van der Waals surface area contributed by atoms with Crippen LogP contribution in [0.15, 0.2) is 84.0 Å². The number of nitrogens with one attached hydrogen (secondary N) is 1. The van der Waals surface area contributed by atoms with Gasteiger partial charge in [0.15, 0.2) is 0 Å². The Labute approximate surface area is 186 Å². The zero-order valence-corrected chi connectivity index (χ0v) is 18.6. The molecule has 5 heteroatoms. The van der Waals surface area contributed by atoms with Gasteiger partial charge in [0, 0.05) is 4.70 Å². The van der Waals surface area contributed by atoms with E-state index in [-0.39, 0.29) is 11.3 Å². The summed E-state index contributed by atoms with van der Waals surface area (Å²) in [4.78, 5) is 13.0. The summed E-state index contributed by atoms with van der Waals surface area (Å²) in [5, 5.41) is 5.16. The van der Waals surface area contributed by atoms with Crippen LogP contribution in [0.1, 0.15) is 41.6 Å². The molecule has 1 heterocycles. The molecule has 156 valence electrons. The van der Waals surface area contributed by atoms with E-state index >= 15 is 0 Å². The van der Waals surface area contributed by atoms with E-state index < -0.39 is 0 Å². The van der Waals surface area contributed by atoms with Gasteiger partial charge in [-0.25, -0.2) is 5.43 Å². The van der Waals surface area contributed by atoms with E-state index in [2.05, 4.69) is 43.4 Å². The second kappa shape index (κ2) is 8.74. The predicted molar refractivity (Wildman–Crippen MR) is 129 cm³/mol. The first-order valence-corrected chi connectivity index (χ1v) is 10.9. The highest BCUT2D eigenvalue weighted by Crippen LogP contribution is 2.27. The average Bonchev–Trinajstić information content (AvgIpc) is 3.18. The Balaban J connectivity index is 1.39. The van der Waals surface area contributed by atoms with Crippen molar-refractivity contribution in [1.82, 2.24) is 5.43 Å². The van der Waals surface area contributed by atoms with Crippen LogP contribution < -0.4 is 10.2 Å². The van der Waals surface area contributed by atoms with Crippen molar-refractivity contribution in [3.05, 3.63) is 94.9 Å². The van der Waals surface area contributed by atoms with Crippen LogP contribution in [0.25, 0.3) is 10.1 Å². The van der Waals surface area contributed by atoms with Gasteiger partial charge in [-0.05, 0) is 58.3 Å². The summed E-state index contributed by atoms with van der Waals surface area (Å²) in [6.07, 6.45) is 1.61. The smallest absolute Gasteiger partial charge is 0.281 e. The molecule has 0 aliphatic carbocycles. The number of hydrogen-bond donors (Lipinski definition) is 1. The van der Waals surface area contributed by atoms with E-state index in [0.717, 1.165) is 21.4 Å². The molecule has 0 fully saturated rings. The molecule has 4 aromatic rings. The number of fused-ring (bicyclic) bond motifs is 1. The molecule has 0 aliphatic rings. The summed E-state index contributed by atoms with van der Waals surface area (Å²) in [5.74, 6) is 1.27. The van der Waals surface area contributed by atoms with Crippen LogP contribution in [0.2, 0.25) is 0 Å². The minimum absolute atomic E-state index is 0.106. The van der Waals surface area contributed by atoms with E-state index in [9.17, 15) is 4.79 Å². The van der Waals surface area contributed by atoms with Crippen LogP contribution >= 0.6 is 11.3 Å². The monoisotopic (exact) mass is 428 g/mol. The number of nitrogens with zero attached hydrogens (tertiary/aromatic N) is 1. The maximum Gasteiger partial charge on any atom is 0.281 e. The van der Waals surface area contributed by atoms with Crippen molar-refractivity contribution >= 4 is 33.5 Å². The molecule has 1 aromatic heterocycles. The number of amides is 1. The van der Waals surface area contributed by atoms with Crippen molar-refractivity contribution in [2.24, 2.45) is 5.10 Å². The van der Waals surface area contributed by atoms with Gasteiger partial charge in [-0.15, -0.1) is 11.3 Å². The lowest BCUT2D eigenvalue weighted by atomic mass is 9.87. The van der Waals surface area contributed by atoms with Gasteiger partial charge in [0.25, 0.3) is 5.91 Å². The Hall–Kier alpha value is -3.44. The lowest BCUT2D eigenvalue weighted by Gasteiger charge is -2.19. The minimum atomic E-state index is -0.219. The summed E-state index contributed by atoms with van der Waals surface area (Å²) < 4.78 is 7.05. The highest BCUT2D eigenvalue weighted by molar-refractivity contribution is 7.20. The second-order valence-corrected chi connectivity index (χ2v) is 9.38. The molecule has 4 rings (SSSR count). The van der Waals surface area contributed by atoms with Crippen molar-refractivity contribution in [2.75, 3.05) is 0 Å². The summed E-state index contributed by atoms with van der Waals surface area (Å²) in [6.45, 7) is 6.56. The summed E-state index contributed by atoms with van der Waals surface area (Å²) in [7, 11) is 0. The van der Waals surface area contributed by atoms with Crippen molar-refractivity contribution in [2.45, 2.75) is 26.2 Å². The molecule has 1 N–H and O–H groups in total. The number of ether oxygens (including phenoxy) is 1. The number of carbonyl (C=O) groups is 1. The van der Waals surface area contributed by atoms with E-state index in [1.54, 1.807) is 6.21 Å². The van der Waals surface area contributed by atoms with Gasteiger partial charge in [-0.2, -0.15) is 5.10 Å². The van der Waals surface area contributed by atoms with Crippen LogP contribution in [-0.4, -0.2) is 12.1 Å². The number of hydrogen-bond acceptors (Lipinski definition) is 4. The molecule has 0 spiro atoms. The molecule has 0 saturated heterocycles. The lowest BCUT2D eigenvalue weighted by Crippen LogP contribution is -2.16. The van der Waals surface area contributed by atoms with Gasteiger partial charge >= 0.3 is 0 Å². The molecule has 0 aliphatic heterocycles. The summed E-state index contributed by atoms with van der Waals surface area (Å²) in [6, 6.07) is 25.5. The Morgan fingerprint density at radius 2 is 1.71 bits per heavy atom. The second-order valence-electron chi connectivity index (χ2n) is 8.30. The first kappa shape index (κ1) is 20.8. The Kier molecular flexibility index (Phi) is 5.87. The van der Waals surface area contributed by atoms with Crippen LogP contribution in [-0.2, 0) is 5.41 Å². The van der Waals surface area contributed by atoms with Crippen LogP contribution in [0.4, 0.5) is 0 Å². The molecular weight excluding hydrogens is 404 g/mol. The molecular formula is C26H24N2O2S. The van der Waals surface area contributed by atoms with E-state index in [0.29, 0.717) is 10.6 Å². The number of carbonyl (C=O) groups excluding carboxylic acids is 1. The number of hydrazone groups is 1. The van der Waals surface area contributed by atoms with Crippen molar-refractivity contribution in [1.29, 1.82) is 0 Å². The largest absolute Gasteiger partial charge is 0.457 e. The quantitative estimate of drug-likeness (QED) is 0.282. The van der Waals surface area contributed by atoms with Crippen molar-refractivity contribution in [3.63, 3.8) is 0 Å². The summed E-state index contributed by atoms with van der Waals surface area (Å²) in [5.41, 5.74) is 4.80. The molecule has 31 heavy (non-hydrogen) atoms. The minimum Gasteiger partial charge on any atom is -0.457 e. The van der Waals surface area contributed by atoms with E-state index in [1.165, 1.54) is 16.9 Å². The lowest BCUT2D eigenvalue weighted by molar-refractivity contribution is 0.0959. The summed E-state index contributed by atoms with van der Waals surface area (Å²) >= 11 is 1.45. The predicted octanol–water partition coefficient (Wildman–Crippen LogP) is 6.76. The molecule has 1 amide bonds. The fraction of sp³-hybridized carbons (Fsp3) is 0.154. The fourth-order valence-corrected chi connectivity index (χ4v) is 4.08. The number of benzene rings is 3. The molecule has 0 bridgehead atoms. The highest BCUT2D eigenvalue weighted by Gasteiger charge is 2.13. The Morgan fingerprint density at radius 3 is 2.45 bits per heavy atom. The van der Waals surface area contributed by atoms with Crippen LogP contribution in [0.3, 0.4) is 0 Å². The third-order valence-electron chi connectivity index (χ3n) is 4.84. The zero-order valence-electron chi connectivity index (χ0n) is 17.8. The average molecular weight is 429 g/mol. The third kappa shape index (κ3) is 5.19. The zero-order chi connectivity index (χ0) is 21.8. The van der Waals surface area contributed by atoms with Crippen LogP contribution in [0, 0.1) is 0 Å². The van der Waals surface area contributed by atoms with Gasteiger partial charge in [0.2, 0.25) is 0 Å². The Morgan fingerprint density at radius 1 is 0.935 bits per heavy atom. The van der Waals surface area contributed by atoms with Gasteiger partial charge in [-0.1, -0.05) is 63.2 Å². The van der Waals surface area contributed by atoms with Gasteiger partial charge in [0.1, 0.15) is 11.5 Å². The first-order valence-electron chi connectivity index (χ1n) is 10.1. The number of thiophene rings is 1. The van der Waals surface area contributed by atoms with Crippen molar-refractivity contribution in [3.8, 4) is 11.5 Å². The molecule has 3 aromatic carbocycles. The maximum absolute atomic E-state index is 12.4. The standard InChI is InChI=1S/C26H24N2O2S/c1-26(2,3)20-11-13-21(14-12-20)30-22-9-6-7-18(15-22)17-27-28-25(29)24-16-19-8-4-5-10-23(19)31-24/h4-17H,1-3H3,(H,28,29)/b27-17+. The SMILES string of the molecule is CC(C)(C)c1ccc(Oc2cccc(/C=N/NC(=O)c3cc4ccccc4s3)c2)cc1. The van der Waals surface area contributed by atoms with E-state index in [4.69, 9.17) is 4.74 Å². The van der Waals surface area contributed by atoms with E-state index in [1.807, 2.05) is 66.7 Å². The van der Waals surface area contributed by atoms with Crippen molar-refractivity contribution < 1.29 is 9.53 Å². The van der Waals surface area contributed by atoms with Crippen LogP contribution in [0.5, 0.6) is 11.5 Å². The van der Waals surface area contributed by atoms with Gasteiger partial charge < -0.3 is 4.74 Å². The highest BCUT2D eigenvalue weighted by atomic mass is 32.1. The first-order chi connectivity index (χ1) is 14.9. The Bertz CT molecular complexity index is 1200. The van der Waals surface area contributed by atoms with Gasteiger partial charge in [-0.3, -0.25) is 4.79 Å².